The van der Waals surface area contributed by atoms with Crippen LogP contribution < -0.4 is 5.73 Å². The van der Waals surface area contributed by atoms with Crippen LogP contribution in [-0.4, -0.2) is 37.1 Å². The quantitative estimate of drug-likeness (QED) is 0.0451. The first-order valence-corrected chi connectivity index (χ1v) is 19.2. The molecule has 0 heterocycles. The zero-order valence-corrected chi connectivity index (χ0v) is 29.6. The molecule has 1 unspecified atom stereocenters. The molecule has 1 amide bonds. The summed E-state index contributed by atoms with van der Waals surface area (Å²) in [6.07, 6.45) is 45.2. The average molecular weight is 592 g/mol. The average Bonchev–Trinajstić information content (AvgIpc) is 2.95. The summed E-state index contributed by atoms with van der Waals surface area (Å²) < 4.78 is 1.23. The topological polar surface area (TPSA) is 43.1 Å². The van der Waals surface area contributed by atoms with E-state index in [0.29, 0.717) is 6.42 Å². The molecule has 42 heavy (non-hydrogen) atoms. The van der Waals surface area contributed by atoms with Gasteiger partial charge in [-0.2, -0.15) is 0 Å². The summed E-state index contributed by atoms with van der Waals surface area (Å²) in [6, 6.07) is 0.855. The molecule has 0 aliphatic heterocycles. The Hall–Kier alpha value is -0.830. The Morgan fingerprint density at radius 2 is 0.881 bits per heavy atom. The van der Waals surface area contributed by atoms with E-state index < -0.39 is 0 Å². The number of hydrogen-bond acceptors (Lipinski definition) is 1. The first-order chi connectivity index (χ1) is 20.4. The summed E-state index contributed by atoms with van der Waals surface area (Å²) in [7, 11) is 4.99. The maximum atomic E-state index is 10.7. The molecule has 3 nitrogen and oxygen atoms in total. The van der Waals surface area contributed by atoms with Gasteiger partial charge in [-0.15, -0.1) is 0 Å². The fourth-order valence-electron chi connectivity index (χ4n) is 6.68. The molecule has 0 radical (unpaired) electrons. The molecule has 0 fully saturated rings. The Labute approximate surface area is 265 Å². The summed E-state index contributed by atoms with van der Waals surface area (Å²) in [5, 5.41) is 0. The van der Waals surface area contributed by atoms with Gasteiger partial charge in [-0.05, 0) is 64.2 Å². The Balaban J connectivity index is 3.78. The van der Waals surface area contributed by atoms with Crippen LogP contribution in [0.5, 0.6) is 0 Å². The molecule has 250 valence electrons. The van der Waals surface area contributed by atoms with E-state index in [1.54, 1.807) is 0 Å². The minimum atomic E-state index is -0.160. The number of allylic oxidation sites excluding steroid dienone is 2. The number of nitrogens with zero attached hydrogens (tertiary/aromatic N) is 1. The van der Waals surface area contributed by atoms with Crippen LogP contribution >= 0.6 is 0 Å². The largest absolute Gasteiger partial charge is 0.370 e. The smallest absolute Gasteiger partial charge is 0.217 e. The van der Waals surface area contributed by atoms with Crippen molar-refractivity contribution in [2.75, 3.05) is 20.6 Å². The van der Waals surface area contributed by atoms with E-state index in [9.17, 15) is 4.79 Å². The van der Waals surface area contributed by atoms with Gasteiger partial charge in [0.1, 0.15) is 0 Å². The summed E-state index contributed by atoms with van der Waals surface area (Å²) >= 11 is 0. The molecule has 0 saturated heterocycles. The van der Waals surface area contributed by atoms with Gasteiger partial charge in [-0.25, -0.2) is 0 Å². The van der Waals surface area contributed by atoms with E-state index in [1.165, 1.54) is 184 Å². The molecule has 3 heteroatoms. The molecular weight excluding hydrogens is 512 g/mol. The lowest BCUT2D eigenvalue weighted by molar-refractivity contribution is -0.916. The van der Waals surface area contributed by atoms with Gasteiger partial charge in [0, 0.05) is 6.42 Å². The zero-order valence-electron chi connectivity index (χ0n) is 29.6. The molecule has 0 saturated carbocycles. The van der Waals surface area contributed by atoms with Crippen molar-refractivity contribution in [2.45, 2.75) is 213 Å². The highest BCUT2D eigenvalue weighted by Gasteiger charge is 2.26. The van der Waals surface area contributed by atoms with E-state index in [-0.39, 0.29) is 5.91 Å². The van der Waals surface area contributed by atoms with Crippen molar-refractivity contribution in [1.82, 2.24) is 0 Å². The Morgan fingerprint density at radius 3 is 1.26 bits per heavy atom. The van der Waals surface area contributed by atoms with E-state index in [0.717, 1.165) is 18.9 Å². The Kier molecular flexibility index (Phi) is 31.0. The SMILES string of the molecule is CCCCCCCCCCCCCCCCC(CCCCCCC/C=C\CCCCCCCC(N)=O)[N+](C)(C)CCC. The maximum Gasteiger partial charge on any atom is 0.217 e. The maximum absolute atomic E-state index is 10.7. The lowest BCUT2D eigenvalue weighted by Crippen LogP contribution is -2.49. The Morgan fingerprint density at radius 1 is 0.524 bits per heavy atom. The van der Waals surface area contributed by atoms with Crippen molar-refractivity contribution in [3.8, 4) is 0 Å². The summed E-state index contributed by atoms with van der Waals surface area (Å²) in [5.74, 6) is -0.160. The van der Waals surface area contributed by atoms with Crippen LogP contribution in [0, 0.1) is 0 Å². The second kappa shape index (κ2) is 31.6. The Bertz CT molecular complexity index is 585. The number of primary amides is 1. The second-order valence-electron chi connectivity index (χ2n) is 14.1. The van der Waals surface area contributed by atoms with Gasteiger partial charge in [0.25, 0.3) is 0 Å². The van der Waals surface area contributed by atoms with Gasteiger partial charge in [0.05, 0.1) is 26.7 Å². The van der Waals surface area contributed by atoms with E-state index in [2.05, 4.69) is 40.1 Å². The van der Waals surface area contributed by atoms with Crippen LogP contribution in [0.4, 0.5) is 0 Å². The lowest BCUT2D eigenvalue weighted by atomic mass is 9.97. The summed E-state index contributed by atoms with van der Waals surface area (Å²) in [4.78, 5) is 10.7. The van der Waals surface area contributed by atoms with Crippen molar-refractivity contribution < 1.29 is 9.28 Å². The van der Waals surface area contributed by atoms with E-state index >= 15 is 0 Å². The molecule has 0 aromatic heterocycles. The third kappa shape index (κ3) is 29.3. The van der Waals surface area contributed by atoms with Gasteiger partial charge in [-0.1, -0.05) is 148 Å². The number of nitrogens with two attached hydrogens (primary N) is 1. The van der Waals surface area contributed by atoms with Crippen LogP contribution in [0.25, 0.3) is 0 Å². The van der Waals surface area contributed by atoms with Crippen LogP contribution in [0.15, 0.2) is 12.2 Å². The van der Waals surface area contributed by atoms with E-state index in [4.69, 9.17) is 5.73 Å². The van der Waals surface area contributed by atoms with Crippen LogP contribution in [0.3, 0.4) is 0 Å². The minimum absolute atomic E-state index is 0.160. The molecule has 0 aromatic rings. The van der Waals surface area contributed by atoms with E-state index in [1.807, 2.05) is 0 Å². The molecule has 0 rings (SSSR count). The van der Waals surface area contributed by atoms with Gasteiger partial charge >= 0.3 is 0 Å². The highest BCUT2D eigenvalue weighted by atomic mass is 16.1. The predicted octanol–water partition coefficient (Wildman–Crippen LogP) is 12.2. The molecule has 0 spiro atoms. The minimum Gasteiger partial charge on any atom is -0.370 e. The number of amides is 1. The van der Waals surface area contributed by atoms with Gasteiger partial charge in [-0.3, -0.25) is 4.79 Å². The number of carbonyl (C=O) groups excluding carboxylic acids is 1. The molecule has 0 aliphatic carbocycles. The van der Waals surface area contributed by atoms with Crippen molar-refractivity contribution in [3.05, 3.63) is 12.2 Å². The normalized spacial score (nSPS) is 12.9. The number of carbonyl (C=O) groups is 1. The molecule has 2 N–H and O–H groups in total. The van der Waals surface area contributed by atoms with Crippen LogP contribution in [0.2, 0.25) is 0 Å². The third-order valence-electron chi connectivity index (χ3n) is 9.55. The first kappa shape index (κ1) is 41.2. The lowest BCUT2D eigenvalue weighted by Gasteiger charge is -2.38. The van der Waals surface area contributed by atoms with Crippen molar-refractivity contribution in [3.63, 3.8) is 0 Å². The fraction of sp³-hybridized carbons (Fsp3) is 0.923. The monoisotopic (exact) mass is 592 g/mol. The summed E-state index contributed by atoms with van der Waals surface area (Å²) in [6.45, 7) is 5.98. The predicted molar refractivity (Wildman–Crippen MR) is 189 cm³/mol. The first-order valence-electron chi connectivity index (χ1n) is 19.2. The molecule has 1 atom stereocenters. The highest BCUT2D eigenvalue weighted by molar-refractivity contribution is 5.73. The van der Waals surface area contributed by atoms with Crippen molar-refractivity contribution in [2.24, 2.45) is 5.73 Å². The third-order valence-corrected chi connectivity index (χ3v) is 9.55. The molecular formula is C39H79N2O+. The van der Waals surface area contributed by atoms with Gasteiger partial charge in [0.15, 0.2) is 0 Å². The molecule has 0 bridgehead atoms. The molecule has 0 aromatic carbocycles. The second-order valence-corrected chi connectivity index (χ2v) is 14.1. The van der Waals surface area contributed by atoms with Crippen LogP contribution in [-0.2, 0) is 4.79 Å². The zero-order chi connectivity index (χ0) is 31.0. The fourth-order valence-corrected chi connectivity index (χ4v) is 6.68. The van der Waals surface area contributed by atoms with Gasteiger partial charge < -0.3 is 10.2 Å². The molecule has 0 aliphatic rings. The standard InChI is InChI=1S/C39H78N2O/c1-5-7-8-9-10-11-12-13-16-19-22-25-28-31-34-38(41(3,4)37-6-2)35-32-29-26-23-20-17-14-15-18-21-24-27-30-33-36-39(40)42/h14-15,38H,5-13,16-37H2,1-4H3,(H-,40,42)/p+1/b15-14-. The number of unbranched alkanes of at least 4 members (excludes halogenated alkanes) is 23. The summed E-state index contributed by atoms with van der Waals surface area (Å²) in [5.41, 5.74) is 5.19. The number of quaternary nitrogens is 1. The highest BCUT2D eigenvalue weighted by Crippen LogP contribution is 2.23. The van der Waals surface area contributed by atoms with Gasteiger partial charge in [0.2, 0.25) is 5.91 Å². The van der Waals surface area contributed by atoms with Crippen LogP contribution in [0.1, 0.15) is 206 Å². The number of hydrogen-bond donors (Lipinski definition) is 1. The number of rotatable bonds is 34. The van der Waals surface area contributed by atoms with Crippen molar-refractivity contribution in [1.29, 1.82) is 0 Å². The van der Waals surface area contributed by atoms with Crippen molar-refractivity contribution >= 4 is 5.91 Å².